The van der Waals surface area contributed by atoms with E-state index in [4.69, 9.17) is 23.7 Å². The SMILES string of the molecule is CCC(C)(C)OC(=O)N1CCC(O)CC1.CCCCCCCCCCCC(=O)OCCN1CCOCC1.CCCC[N-]S(C)(=O)=O.COC(=O)C1(N(C)C(=O)OC(C)(C)C)CCCC1.Cc1ccc(C)c(C)c1.c1ccc(C2=Nc3ccccc3C2)cc1.c1ccc([S+](c2ccccc2)c2ccccc2)cc1.c1ccc([S+](c2ccccc2)c2ccccc2)cc1. The third-order valence-electron chi connectivity index (χ3n) is 21.6. The average Bonchev–Trinajstić information content (AvgIpc) is 1.59. The molecule has 1 aliphatic carbocycles. The number of hydrogen-bond acceptors (Lipinski definition) is 14. The van der Waals surface area contributed by atoms with Gasteiger partial charge in [0.15, 0.2) is 29.4 Å². The second-order valence-electron chi connectivity index (χ2n) is 33.5. The first-order valence-electron chi connectivity index (χ1n) is 45.2. The monoisotopic (exact) mass is 1770 g/mol. The Labute approximate surface area is 762 Å². The molecule has 2 amide bonds. The van der Waals surface area contributed by atoms with Crippen LogP contribution < -0.4 is 0 Å². The number of esters is 2. The summed E-state index contributed by atoms with van der Waals surface area (Å²) in [6.07, 6.45) is 20.2. The summed E-state index contributed by atoms with van der Waals surface area (Å²) in [5.41, 5.74) is 7.15. The molecular weight excluding hydrogens is 1630 g/mol. The number of aliphatic hydroxyl groups excluding tert-OH is 1. The summed E-state index contributed by atoms with van der Waals surface area (Å²) < 4.78 is 50.2. The number of aliphatic imine (C=N–C) groups is 1. The number of unbranched alkanes of at least 4 members (excludes halogenated alkanes) is 9. The molecule has 20 heteroatoms. The van der Waals surface area contributed by atoms with E-state index in [9.17, 15) is 32.7 Å². The Balaban J connectivity index is 0.000000225. The highest BCUT2D eigenvalue weighted by atomic mass is 32.2. The molecule has 0 spiro atoms. The minimum atomic E-state index is -3.07. The number of nitrogens with zero attached hydrogens (tertiary/aromatic N) is 5. The number of hydrogen-bond donors (Lipinski definition) is 1. The van der Waals surface area contributed by atoms with E-state index in [0.717, 1.165) is 96.2 Å². The molecule has 13 rings (SSSR count). The van der Waals surface area contributed by atoms with Gasteiger partial charge in [-0.3, -0.25) is 19.6 Å². The van der Waals surface area contributed by atoms with Crippen LogP contribution in [0.25, 0.3) is 4.72 Å². The topological polar surface area (TPSA) is 205 Å². The Morgan fingerprint density at radius 1 is 0.556 bits per heavy atom. The number of carbonyl (C=O) groups excluding carboxylic acids is 4. The molecule has 1 N–H and O–H groups in total. The van der Waals surface area contributed by atoms with E-state index in [-0.39, 0.29) is 45.9 Å². The van der Waals surface area contributed by atoms with Gasteiger partial charge in [-0.2, -0.15) is 0 Å². The van der Waals surface area contributed by atoms with Crippen LogP contribution in [0.2, 0.25) is 0 Å². The van der Waals surface area contributed by atoms with Gasteiger partial charge in [0.05, 0.1) is 69.6 Å². The van der Waals surface area contributed by atoms with Crippen LogP contribution in [0, 0.1) is 20.8 Å². The number of rotatable bonds is 28. The zero-order chi connectivity index (χ0) is 91.4. The van der Waals surface area contributed by atoms with E-state index < -0.39 is 32.9 Å². The number of ether oxygens (including phenoxy) is 5. The Morgan fingerprint density at radius 2 is 0.984 bits per heavy atom. The van der Waals surface area contributed by atoms with Crippen molar-refractivity contribution < 1.29 is 56.4 Å². The Bertz CT molecular complexity index is 4340. The lowest BCUT2D eigenvalue weighted by Crippen LogP contribution is -2.55. The van der Waals surface area contributed by atoms with Gasteiger partial charge in [-0.15, -0.1) is 6.54 Å². The molecule has 0 aromatic heterocycles. The van der Waals surface area contributed by atoms with Crippen molar-refractivity contribution in [3.8, 4) is 0 Å². The van der Waals surface area contributed by atoms with Crippen molar-refractivity contribution in [3.05, 3.63) is 287 Å². The van der Waals surface area contributed by atoms with Crippen molar-refractivity contribution in [1.82, 2.24) is 14.7 Å². The van der Waals surface area contributed by atoms with Crippen molar-refractivity contribution in [3.63, 3.8) is 0 Å². The number of sulfonamides is 1. The smallest absolute Gasteiger partial charge is 0.410 e. The van der Waals surface area contributed by atoms with Crippen molar-refractivity contribution >= 4 is 67.3 Å². The fraction of sp³-hybridized carbons (Fsp3) is 0.443. The van der Waals surface area contributed by atoms with Crippen molar-refractivity contribution in [2.75, 3.05) is 79.5 Å². The maximum Gasteiger partial charge on any atom is 0.410 e. The van der Waals surface area contributed by atoms with E-state index in [2.05, 4.69) is 285 Å². The highest BCUT2D eigenvalue weighted by Gasteiger charge is 2.49. The highest BCUT2D eigenvalue weighted by Crippen LogP contribution is 2.38. The normalized spacial score (nSPS) is 14.0. The summed E-state index contributed by atoms with van der Waals surface area (Å²) in [6, 6.07) is 89.5. The van der Waals surface area contributed by atoms with E-state index in [1.165, 1.54) is 120 Å². The Hall–Kier alpha value is -9.38. The highest BCUT2D eigenvalue weighted by molar-refractivity contribution is 7.97. The number of likely N-dealkylation sites (N-methyl/N-ethyl adjacent to an activating group) is 1. The third-order valence-corrected chi connectivity index (χ3v) is 26.7. The van der Waals surface area contributed by atoms with Gasteiger partial charge in [0.2, 0.25) is 0 Å². The lowest BCUT2D eigenvalue weighted by molar-refractivity contribution is -0.154. The average molecular weight is 1780 g/mol. The molecule has 9 aromatic carbocycles. The molecule has 0 radical (unpaired) electrons. The number of carbonyl (C=O) groups is 4. The van der Waals surface area contributed by atoms with Crippen LogP contribution in [-0.2, 0) is 71.5 Å². The molecule has 682 valence electrons. The first kappa shape index (κ1) is 105. The lowest BCUT2D eigenvalue weighted by Gasteiger charge is -2.36. The number of fused-ring (bicyclic) bond motifs is 1. The number of para-hydroxylation sites is 1. The first-order chi connectivity index (χ1) is 60.6. The van der Waals surface area contributed by atoms with Gasteiger partial charge in [0.25, 0.3) is 0 Å². The van der Waals surface area contributed by atoms with Crippen LogP contribution in [0.3, 0.4) is 0 Å². The van der Waals surface area contributed by atoms with Crippen molar-refractivity contribution in [2.45, 2.75) is 257 Å². The fourth-order valence-corrected chi connectivity index (χ4v) is 18.6. The first-order valence-corrected chi connectivity index (χ1v) is 49.5. The maximum atomic E-state index is 12.1. The predicted molar refractivity (Wildman–Crippen MR) is 519 cm³/mol. The van der Waals surface area contributed by atoms with Gasteiger partial charge < -0.3 is 38.4 Å². The minimum absolute atomic E-state index is 0.0146. The number of piperidine rings is 1. The maximum absolute atomic E-state index is 12.1. The summed E-state index contributed by atoms with van der Waals surface area (Å²) in [5.74, 6) is -0.385. The molecule has 1 saturated carbocycles. The number of methoxy groups -OCH3 is 1. The molecule has 0 atom stereocenters. The number of aliphatic hydroxyl groups is 1. The van der Waals surface area contributed by atoms with Crippen LogP contribution in [0.4, 0.5) is 15.3 Å². The van der Waals surface area contributed by atoms with Crippen molar-refractivity contribution in [2.24, 2.45) is 4.99 Å². The Kier molecular flexibility index (Phi) is 48.6. The van der Waals surface area contributed by atoms with Crippen LogP contribution in [0.15, 0.2) is 289 Å². The molecule has 3 aliphatic heterocycles. The van der Waals surface area contributed by atoms with E-state index in [1.54, 1.807) is 32.7 Å². The standard InChI is InChI=1S/C18H35NO3.2C18H15S.C14H11N.C13H23NO4.C11H21NO3.C9H12.C5H12NO2S/c1-2-3-4-5-6-7-8-9-10-11-18(20)22-17-14-19-12-15-21-16-13-19;2*1-4-10-16(11-5-1)19(17-12-6-2-7-13-17)18-14-8-3-9-15-18;1-2-6-11(7-3-1)14-10-12-8-4-5-9-13(12)15-14;1-12(2,3)18-11(16)14(4)13(10(15)17-5)8-6-7-9-13;1-4-11(2,3)15-10(14)12-7-5-9(13)6-8-12;1-7-4-5-8(2)9(3)6-7;1-3-4-5-6-9(2,7)8/h2-17H2,1H3;2*1-15H;1-9H,10H2;6-9H2,1-5H3;9,13H,4-8H2,1-3H3;4-6H,1-3H3;3-5H2,1-2H3/q;2*+1;;;;;-1. The summed E-state index contributed by atoms with van der Waals surface area (Å²) in [4.78, 5) is 65.5. The molecular formula is C106H144N5O12S3+. The van der Waals surface area contributed by atoms with Crippen molar-refractivity contribution in [1.29, 1.82) is 0 Å². The lowest BCUT2D eigenvalue weighted by atomic mass is 9.96. The number of likely N-dealkylation sites (tertiary alicyclic amines) is 1. The zero-order valence-electron chi connectivity index (χ0n) is 77.7. The number of benzene rings is 9. The minimum Gasteiger partial charge on any atom is -0.549 e. The molecule has 0 bridgehead atoms. The fourth-order valence-electron chi connectivity index (χ4n) is 13.9. The number of amides is 2. The summed E-state index contributed by atoms with van der Waals surface area (Å²) in [7, 11) is -0.141. The van der Waals surface area contributed by atoms with Gasteiger partial charge in [0, 0.05) is 58.9 Å². The Morgan fingerprint density at radius 3 is 1.39 bits per heavy atom. The van der Waals surface area contributed by atoms with Gasteiger partial charge in [-0.05, 0) is 195 Å². The van der Waals surface area contributed by atoms with Gasteiger partial charge >= 0.3 is 24.1 Å². The number of aryl methyl sites for hydroxylation is 3. The van der Waals surface area contributed by atoms with Gasteiger partial charge in [-0.1, -0.05) is 279 Å². The van der Waals surface area contributed by atoms with E-state index in [1.807, 2.05) is 39.8 Å². The van der Waals surface area contributed by atoms with E-state index in [0.29, 0.717) is 58.3 Å². The zero-order valence-corrected chi connectivity index (χ0v) is 80.2. The van der Waals surface area contributed by atoms with Gasteiger partial charge in [0.1, 0.15) is 23.3 Å². The molecule has 0 unspecified atom stereocenters. The molecule has 17 nitrogen and oxygen atoms in total. The predicted octanol–water partition coefficient (Wildman–Crippen LogP) is 24.5. The van der Waals surface area contributed by atoms with Crippen LogP contribution >= 0.6 is 0 Å². The van der Waals surface area contributed by atoms with E-state index >= 15 is 0 Å². The molecule has 9 aromatic rings. The second-order valence-corrected chi connectivity index (χ2v) is 39.2. The number of morpholine rings is 1. The third kappa shape index (κ3) is 40.3. The second kappa shape index (κ2) is 58.2. The molecule has 3 heterocycles. The van der Waals surface area contributed by atoms with Crippen LogP contribution in [0.5, 0.6) is 0 Å². The summed E-state index contributed by atoms with van der Waals surface area (Å²) in [6.45, 7) is 28.4. The molecule has 2 saturated heterocycles. The molecule has 126 heavy (non-hydrogen) atoms. The summed E-state index contributed by atoms with van der Waals surface area (Å²) in [5, 5.41) is 9.31. The quantitative estimate of drug-likeness (QED) is 0.0210. The van der Waals surface area contributed by atoms with Gasteiger partial charge in [-0.25, -0.2) is 22.8 Å². The molecule has 3 fully saturated rings. The largest absolute Gasteiger partial charge is 0.549 e. The summed E-state index contributed by atoms with van der Waals surface area (Å²) >= 11 is 0. The van der Waals surface area contributed by atoms with Crippen LogP contribution in [-0.4, -0.2) is 160 Å². The van der Waals surface area contributed by atoms with Crippen LogP contribution in [0.1, 0.15) is 205 Å². The molecule has 4 aliphatic rings.